The molecule has 0 aromatic rings. The number of ether oxygens (including phenoxy) is 2. The van der Waals surface area contributed by atoms with Gasteiger partial charge in [-0.3, -0.25) is 4.90 Å². The summed E-state index contributed by atoms with van der Waals surface area (Å²) in [6, 6.07) is -0.310. The van der Waals surface area contributed by atoms with Crippen LogP contribution in [-0.2, 0) is 19.1 Å². The first-order valence-electron chi connectivity index (χ1n) is 9.95. The zero-order valence-corrected chi connectivity index (χ0v) is 17.7. The molecular weight excluding hydrogens is 382 g/mol. The Morgan fingerprint density at radius 1 is 1.17 bits per heavy atom. The van der Waals surface area contributed by atoms with E-state index in [2.05, 4.69) is 4.90 Å². The van der Waals surface area contributed by atoms with E-state index in [4.69, 9.17) is 9.47 Å². The SMILES string of the molecule is CC(C)[C@@](O)(C(=O)OCC1=CCN2CC[C@@H](OC(=O)[C@@](C)(O)[C@H](C)O)[C@H]12)[C@@H](C)O. The first kappa shape index (κ1) is 23.8. The molecule has 0 radical (unpaired) electrons. The number of nitrogens with zero attached hydrogens (tertiary/aromatic N) is 1. The Balaban J connectivity index is 2.05. The van der Waals surface area contributed by atoms with Crippen LogP contribution in [0.15, 0.2) is 11.6 Å². The van der Waals surface area contributed by atoms with Crippen molar-refractivity contribution in [1.82, 2.24) is 4.90 Å². The standard InChI is InChI=1S/C20H33NO8/c1-11(2)20(27,13(4)23)18(25)28-10-14-6-8-21-9-7-15(16(14)21)29-17(24)19(5,26)12(3)22/h6,11-13,15-16,22-23,26-27H,7-10H2,1-5H3/t12-,13+,15+,16-,19-,20-/m0/s1. The van der Waals surface area contributed by atoms with Crippen molar-refractivity contribution < 1.29 is 39.5 Å². The topological polar surface area (TPSA) is 137 Å². The highest BCUT2D eigenvalue weighted by Gasteiger charge is 2.48. The van der Waals surface area contributed by atoms with Gasteiger partial charge in [-0.05, 0) is 38.7 Å². The van der Waals surface area contributed by atoms with E-state index in [-0.39, 0.29) is 12.6 Å². The Bertz CT molecular complexity index is 647. The molecule has 2 heterocycles. The molecule has 0 bridgehead atoms. The van der Waals surface area contributed by atoms with Crippen molar-refractivity contribution in [3.05, 3.63) is 11.6 Å². The average molecular weight is 415 g/mol. The number of carbonyl (C=O) groups is 2. The van der Waals surface area contributed by atoms with Crippen molar-refractivity contribution >= 4 is 11.9 Å². The van der Waals surface area contributed by atoms with Gasteiger partial charge < -0.3 is 29.9 Å². The van der Waals surface area contributed by atoms with E-state index < -0.39 is 47.4 Å². The van der Waals surface area contributed by atoms with Gasteiger partial charge in [0.15, 0.2) is 11.2 Å². The van der Waals surface area contributed by atoms with E-state index in [0.717, 1.165) is 5.57 Å². The highest BCUT2D eigenvalue weighted by Crippen LogP contribution is 2.33. The predicted octanol–water partition coefficient (Wildman–Crippen LogP) is -0.645. The van der Waals surface area contributed by atoms with Gasteiger partial charge in [-0.1, -0.05) is 19.9 Å². The summed E-state index contributed by atoms with van der Waals surface area (Å²) in [7, 11) is 0. The maximum absolute atomic E-state index is 12.4. The highest BCUT2D eigenvalue weighted by molar-refractivity contribution is 5.81. The molecule has 6 atom stereocenters. The van der Waals surface area contributed by atoms with E-state index in [0.29, 0.717) is 19.5 Å². The molecule has 0 saturated carbocycles. The summed E-state index contributed by atoms with van der Waals surface area (Å²) >= 11 is 0. The minimum absolute atomic E-state index is 0.109. The molecule has 1 saturated heterocycles. The van der Waals surface area contributed by atoms with Crippen molar-refractivity contribution in [2.75, 3.05) is 19.7 Å². The molecule has 9 nitrogen and oxygen atoms in total. The molecule has 29 heavy (non-hydrogen) atoms. The normalized spacial score (nSPS) is 28.1. The number of hydrogen-bond acceptors (Lipinski definition) is 9. The van der Waals surface area contributed by atoms with Gasteiger partial charge in [0.1, 0.15) is 12.7 Å². The molecule has 0 aromatic heterocycles. The Hall–Kier alpha value is -1.52. The van der Waals surface area contributed by atoms with Gasteiger partial charge in [0.05, 0.1) is 18.2 Å². The Labute approximate surface area is 170 Å². The van der Waals surface area contributed by atoms with Gasteiger partial charge in [0.2, 0.25) is 0 Å². The van der Waals surface area contributed by atoms with Crippen LogP contribution >= 0.6 is 0 Å². The van der Waals surface area contributed by atoms with Crippen LogP contribution in [0, 0.1) is 5.92 Å². The lowest BCUT2D eigenvalue weighted by molar-refractivity contribution is -0.184. The van der Waals surface area contributed by atoms with Crippen molar-refractivity contribution in [2.24, 2.45) is 5.92 Å². The van der Waals surface area contributed by atoms with Gasteiger partial charge in [0, 0.05) is 13.1 Å². The third-order valence-electron chi connectivity index (χ3n) is 6.11. The third kappa shape index (κ3) is 4.49. The molecular formula is C20H33NO8. The van der Waals surface area contributed by atoms with E-state index in [9.17, 15) is 30.0 Å². The van der Waals surface area contributed by atoms with Gasteiger partial charge in [-0.25, -0.2) is 9.59 Å². The number of hydrogen-bond donors (Lipinski definition) is 4. The van der Waals surface area contributed by atoms with Crippen molar-refractivity contribution in [1.29, 1.82) is 0 Å². The summed E-state index contributed by atoms with van der Waals surface area (Å²) < 4.78 is 10.8. The van der Waals surface area contributed by atoms with Crippen molar-refractivity contribution in [2.45, 2.75) is 76.6 Å². The van der Waals surface area contributed by atoms with Gasteiger partial charge in [-0.2, -0.15) is 0 Å². The van der Waals surface area contributed by atoms with Crippen LogP contribution in [0.5, 0.6) is 0 Å². The van der Waals surface area contributed by atoms with Crippen LogP contribution in [0.2, 0.25) is 0 Å². The largest absolute Gasteiger partial charge is 0.459 e. The summed E-state index contributed by atoms with van der Waals surface area (Å²) in [6.07, 6.45) is -0.725. The van der Waals surface area contributed by atoms with Gasteiger partial charge in [0.25, 0.3) is 0 Å². The van der Waals surface area contributed by atoms with Crippen LogP contribution in [0.3, 0.4) is 0 Å². The summed E-state index contributed by atoms with van der Waals surface area (Å²) in [5.41, 5.74) is -3.31. The number of esters is 2. The number of aliphatic hydroxyl groups is 4. The molecule has 2 aliphatic heterocycles. The van der Waals surface area contributed by atoms with Crippen LogP contribution in [-0.4, -0.2) is 92.5 Å². The number of carbonyl (C=O) groups excluding carboxylic acids is 2. The van der Waals surface area contributed by atoms with E-state index in [1.54, 1.807) is 13.8 Å². The summed E-state index contributed by atoms with van der Waals surface area (Å²) in [6.45, 7) is 8.22. The average Bonchev–Trinajstić information content (AvgIpc) is 3.21. The molecule has 0 aromatic carbocycles. The fourth-order valence-electron chi connectivity index (χ4n) is 3.71. The van der Waals surface area contributed by atoms with E-state index in [1.165, 1.54) is 20.8 Å². The number of fused-ring (bicyclic) bond motifs is 1. The lowest BCUT2D eigenvalue weighted by Crippen LogP contribution is -2.53. The van der Waals surface area contributed by atoms with Crippen LogP contribution in [0.25, 0.3) is 0 Å². The monoisotopic (exact) mass is 415 g/mol. The van der Waals surface area contributed by atoms with Crippen LogP contribution < -0.4 is 0 Å². The fourth-order valence-corrected chi connectivity index (χ4v) is 3.71. The lowest BCUT2D eigenvalue weighted by Gasteiger charge is -2.33. The summed E-state index contributed by atoms with van der Waals surface area (Å²) in [5, 5.41) is 40.1. The molecule has 0 aliphatic carbocycles. The molecule has 0 unspecified atom stereocenters. The Kier molecular flexibility index (Phi) is 7.12. The molecule has 9 heteroatoms. The van der Waals surface area contributed by atoms with Crippen molar-refractivity contribution in [3.63, 3.8) is 0 Å². The smallest absolute Gasteiger partial charge is 0.341 e. The molecule has 0 amide bonds. The minimum atomic E-state index is -2.02. The Morgan fingerprint density at radius 2 is 1.79 bits per heavy atom. The zero-order chi connectivity index (χ0) is 22.1. The van der Waals surface area contributed by atoms with E-state index >= 15 is 0 Å². The highest BCUT2D eigenvalue weighted by atomic mass is 16.6. The van der Waals surface area contributed by atoms with Gasteiger partial charge >= 0.3 is 11.9 Å². The first-order valence-corrected chi connectivity index (χ1v) is 9.95. The maximum atomic E-state index is 12.4. The van der Waals surface area contributed by atoms with Crippen LogP contribution in [0.4, 0.5) is 0 Å². The molecule has 4 N–H and O–H groups in total. The fraction of sp³-hybridized carbons (Fsp3) is 0.800. The maximum Gasteiger partial charge on any atom is 0.341 e. The third-order valence-corrected chi connectivity index (χ3v) is 6.11. The second-order valence-electron chi connectivity index (χ2n) is 8.51. The summed E-state index contributed by atoms with van der Waals surface area (Å²) in [4.78, 5) is 26.8. The molecule has 1 fully saturated rings. The second-order valence-corrected chi connectivity index (χ2v) is 8.51. The summed E-state index contributed by atoms with van der Waals surface area (Å²) in [5.74, 6) is -2.37. The van der Waals surface area contributed by atoms with E-state index in [1.807, 2.05) is 6.08 Å². The van der Waals surface area contributed by atoms with Gasteiger partial charge in [-0.15, -0.1) is 0 Å². The molecule has 0 spiro atoms. The number of aliphatic hydroxyl groups excluding tert-OH is 2. The number of rotatable bonds is 8. The molecule has 2 aliphatic rings. The van der Waals surface area contributed by atoms with Crippen LogP contribution in [0.1, 0.15) is 41.0 Å². The second kappa shape index (κ2) is 8.69. The lowest BCUT2D eigenvalue weighted by atomic mass is 9.85. The predicted molar refractivity (Wildman–Crippen MR) is 103 cm³/mol. The zero-order valence-electron chi connectivity index (χ0n) is 17.7. The quantitative estimate of drug-likeness (QED) is 0.301. The molecule has 166 valence electrons. The van der Waals surface area contributed by atoms with Crippen molar-refractivity contribution in [3.8, 4) is 0 Å². The Morgan fingerprint density at radius 3 is 2.31 bits per heavy atom. The molecule has 2 rings (SSSR count). The first-order chi connectivity index (χ1) is 13.3. The minimum Gasteiger partial charge on any atom is -0.459 e.